The van der Waals surface area contributed by atoms with Crippen molar-refractivity contribution in [3.63, 3.8) is 0 Å². The summed E-state index contributed by atoms with van der Waals surface area (Å²) in [7, 11) is 0. The second-order valence-electron chi connectivity index (χ2n) is 6.96. The smallest absolute Gasteiger partial charge is 0.319 e. The fourth-order valence-electron chi connectivity index (χ4n) is 3.32. The molecule has 3 aromatic carbocycles. The molecule has 3 aromatic rings. The minimum Gasteiger partial charge on any atom is -0.493 e. The van der Waals surface area contributed by atoms with Crippen LogP contribution in [0.25, 0.3) is 0 Å². The Hall–Kier alpha value is -3.47. The van der Waals surface area contributed by atoms with Crippen LogP contribution in [0.1, 0.15) is 23.1 Å². The maximum atomic E-state index is 12.4. The number of anilines is 1. The van der Waals surface area contributed by atoms with Crippen LogP contribution < -0.4 is 20.1 Å². The van der Waals surface area contributed by atoms with E-state index in [1.165, 1.54) is 5.56 Å². The summed E-state index contributed by atoms with van der Waals surface area (Å²) in [5, 5.41) is 5.85. The third-order valence-corrected chi connectivity index (χ3v) is 4.83. The molecule has 5 heteroatoms. The molecular weight excluding hydrogens is 364 g/mol. The Morgan fingerprint density at radius 1 is 1.00 bits per heavy atom. The maximum Gasteiger partial charge on any atom is 0.319 e. The zero-order valence-electron chi connectivity index (χ0n) is 16.2. The van der Waals surface area contributed by atoms with E-state index >= 15 is 0 Å². The Bertz CT molecular complexity index is 973. The molecule has 29 heavy (non-hydrogen) atoms. The van der Waals surface area contributed by atoms with Crippen molar-refractivity contribution in [3.05, 3.63) is 89.5 Å². The van der Waals surface area contributed by atoms with E-state index in [2.05, 4.69) is 16.7 Å². The highest BCUT2D eigenvalue weighted by molar-refractivity contribution is 5.90. The maximum absolute atomic E-state index is 12.4. The molecule has 0 saturated heterocycles. The van der Waals surface area contributed by atoms with Crippen LogP contribution in [-0.2, 0) is 19.6 Å². The number of hydrogen-bond acceptors (Lipinski definition) is 3. The van der Waals surface area contributed by atoms with Gasteiger partial charge in [-0.3, -0.25) is 0 Å². The Balaban J connectivity index is 1.34. The molecule has 0 saturated carbocycles. The van der Waals surface area contributed by atoms with Crippen molar-refractivity contribution in [2.45, 2.75) is 26.0 Å². The number of rotatable bonds is 6. The molecule has 4 rings (SSSR count). The van der Waals surface area contributed by atoms with Gasteiger partial charge in [-0.15, -0.1) is 0 Å². The molecule has 0 aromatic heterocycles. The minimum atomic E-state index is -0.244. The molecule has 5 nitrogen and oxygen atoms in total. The largest absolute Gasteiger partial charge is 0.493 e. The number of ether oxygens (including phenoxy) is 2. The highest BCUT2D eigenvalue weighted by Gasteiger charge is 2.11. The van der Waals surface area contributed by atoms with Crippen molar-refractivity contribution in [1.82, 2.24) is 5.32 Å². The van der Waals surface area contributed by atoms with E-state index in [9.17, 15) is 4.79 Å². The molecule has 1 aliphatic heterocycles. The van der Waals surface area contributed by atoms with Gasteiger partial charge in [0.15, 0.2) is 0 Å². The van der Waals surface area contributed by atoms with Crippen molar-refractivity contribution >= 4 is 11.7 Å². The van der Waals surface area contributed by atoms with Crippen molar-refractivity contribution in [2.24, 2.45) is 0 Å². The fraction of sp³-hybridized carbons (Fsp3) is 0.208. The molecular formula is C24H24N2O3. The van der Waals surface area contributed by atoms with Crippen LogP contribution in [0.2, 0.25) is 0 Å². The van der Waals surface area contributed by atoms with Gasteiger partial charge in [-0.1, -0.05) is 48.5 Å². The van der Waals surface area contributed by atoms with E-state index in [0.29, 0.717) is 13.2 Å². The first-order valence-electron chi connectivity index (χ1n) is 9.83. The summed E-state index contributed by atoms with van der Waals surface area (Å²) >= 11 is 0. The number of aryl methyl sites for hydroxylation is 1. The third-order valence-electron chi connectivity index (χ3n) is 4.83. The second kappa shape index (κ2) is 9.15. The predicted octanol–water partition coefficient (Wildman–Crippen LogP) is 4.91. The van der Waals surface area contributed by atoms with E-state index in [1.54, 1.807) is 0 Å². The lowest BCUT2D eigenvalue weighted by atomic mass is 10.0. The van der Waals surface area contributed by atoms with Crippen LogP contribution in [-0.4, -0.2) is 12.6 Å². The molecule has 0 spiro atoms. The first-order chi connectivity index (χ1) is 14.3. The standard InChI is InChI=1S/C24H24N2O3/c27-24(25-16-18-12-13-23-19(15-18)8-6-14-28-23)26-22-11-5-4-7-20(22)17-29-21-9-2-1-3-10-21/h1-5,7,9-13,15H,6,8,14,16-17H2,(H2,25,26,27). The van der Waals surface area contributed by atoms with E-state index < -0.39 is 0 Å². The summed E-state index contributed by atoms with van der Waals surface area (Å²) < 4.78 is 11.5. The number of fused-ring (bicyclic) bond motifs is 1. The number of carbonyl (C=O) groups excluding carboxylic acids is 1. The van der Waals surface area contributed by atoms with Crippen molar-refractivity contribution in [2.75, 3.05) is 11.9 Å². The average Bonchev–Trinajstić information content (AvgIpc) is 2.78. The van der Waals surface area contributed by atoms with Crippen molar-refractivity contribution < 1.29 is 14.3 Å². The summed E-state index contributed by atoms with van der Waals surface area (Å²) in [5.74, 6) is 1.75. The summed E-state index contributed by atoms with van der Waals surface area (Å²) in [6.45, 7) is 1.62. The lowest BCUT2D eigenvalue weighted by Crippen LogP contribution is -2.28. The fourth-order valence-corrected chi connectivity index (χ4v) is 3.32. The summed E-state index contributed by atoms with van der Waals surface area (Å²) in [4.78, 5) is 12.4. The van der Waals surface area contributed by atoms with Crippen LogP contribution in [0.15, 0.2) is 72.8 Å². The molecule has 0 fully saturated rings. The summed E-state index contributed by atoms with van der Waals surface area (Å²) in [6, 6.07) is 23.1. The molecule has 2 N–H and O–H groups in total. The number of carbonyl (C=O) groups is 1. The number of para-hydroxylation sites is 2. The topological polar surface area (TPSA) is 59.6 Å². The van der Waals surface area contributed by atoms with Crippen LogP contribution in [0.3, 0.4) is 0 Å². The van der Waals surface area contributed by atoms with Crippen LogP contribution in [0, 0.1) is 0 Å². The number of urea groups is 1. The number of benzene rings is 3. The van der Waals surface area contributed by atoms with Crippen molar-refractivity contribution in [1.29, 1.82) is 0 Å². The molecule has 1 aliphatic rings. The van der Waals surface area contributed by atoms with Crippen LogP contribution in [0.5, 0.6) is 11.5 Å². The Morgan fingerprint density at radius 2 is 1.83 bits per heavy atom. The SMILES string of the molecule is O=C(NCc1ccc2c(c1)CCCO2)Nc1ccccc1COc1ccccc1. The number of hydrogen-bond donors (Lipinski definition) is 2. The first-order valence-corrected chi connectivity index (χ1v) is 9.83. The zero-order valence-corrected chi connectivity index (χ0v) is 16.2. The van der Waals surface area contributed by atoms with Gasteiger partial charge in [0.25, 0.3) is 0 Å². The van der Waals surface area contributed by atoms with E-state index in [4.69, 9.17) is 9.47 Å². The van der Waals surface area contributed by atoms with E-state index in [-0.39, 0.29) is 6.03 Å². The van der Waals surface area contributed by atoms with Gasteiger partial charge in [0.05, 0.1) is 6.61 Å². The van der Waals surface area contributed by atoms with Gasteiger partial charge in [-0.25, -0.2) is 4.79 Å². The third kappa shape index (κ3) is 5.08. The second-order valence-corrected chi connectivity index (χ2v) is 6.96. The molecule has 0 radical (unpaired) electrons. The molecule has 0 atom stereocenters. The number of nitrogens with one attached hydrogen (secondary N) is 2. The zero-order chi connectivity index (χ0) is 19.9. The average molecular weight is 388 g/mol. The highest BCUT2D eigenvalue weighted by Crippen LogP contribution is 2.25. The van der Waals surface area contributed by atoms with Gasteiger partial charge in [0, 0.05) is 17.8 Å². The molecule has 148 valence electrons. The monoisotopic (exact) mass is 388 g/mol. The lowest BCUT2D eigenvalue weighted by molar-refractivity contribution is 0.251. The van der Waals surface area contributed by atoms with Gasteiger partial charge in [0.2, 0.25) is 0 Å². The van der Waals surface area contributed by atoms with Gasteiger partial charge < -0.3 is 20.1 Å². The lowest BCUT2D eigenvalue weighted by Gasteiger charge is -2.18. The highest BCUT2D eigenvalue weighted by atomic mass is 16.5. The van der Waals surface area contributed by atoms with E-state index in [0.717, 1.165) is 47.8 Å². The van der Waals surface area contributed by atoms with Crippen LogP contribution in [0.4, 0.5) is 10.5 Å². The van der Waals surface area contributed by atoms with Gasteiger partial charge in [-0.05, 0) is 48.2 Å². The molecule has 0 unspecified atom stereocenters. The Kier molecular flexibility index (Phi) is 5.95. The first kappa shape index (κ1) is 18.9. The Labute approximate surface area is 170 Å². The molecule has 0 bridgehead atoms. The molecule has 2 amide bonds. The number of amides is 2. The molecule has 1 heterocycles. The van der Waals surface area contributed by atoms with Gasteiger partial charge in [0.1, 0.15) is 18.1 Å². The molecule has 0 aliphatic carbocycles. The van der Waals surface area contributed by atoms with Gasteiger partial charge >= 0.3 is 6.03 Å². The van der Waals surface area contributed by atoms with E-state index in [1.807, 2.05) is 66.7 Å². The van der Waals surface area contributed by atoms with Gasteiger partial charge in [-0.2, -0.15) is 0 Å². The quantitative estimate of drug-likeness (QED) is 0.631. The summed E-state index contributed by atoms with van der Waals surface area (Å²) in [5.41, 5.74) is 3.92. The summed E-state index contributed by atoms with van der Waals surface area (Å²) in [6.07, 6.45) is 2.05. The predicted molar refractivity (Wildman–Crippen MR) is 113 cm³/mol. The Morgan fingerprint density at radius 3 is 2.72 bits per heavy atom. The minimum absolute atomic E-state index is 0.244. The van der Waals surface area contributed by atoms with Crippen molar-refractivity contribution in [3.8, 4) is 11.5 Å². The normalized spacial score (nSPS) is 12.4. The van der Waals surface area contributed by atoms with Crippen LogP contribution >= 0.6 is 0 Å².